The van der Waals surface area contributed by atoms with Crippen molar-refractivity contribution in [3.63, 3.8) is 0 Å². The van der Waals surface area contributed by atoms with E-state index in [1.807, 2.05) is 26.0 Å². The Kier molecular flexibility index (Phi) is 4.08. The number of aromatic carboxylic acids is 1. The lowest BCUT2D eigenvalue weighted by atomic mass is 9.88. The molecule has 0 spiro atoms. The first-order chi connectivity index (χ1) is 9.97. The summed E-state index contributed by atoms with van der Waals surface area (Å²) in [4.78, 5) is 23.5. The van der Waals surface area contributed by atoms with Gasteiger partial charge in [-0.2, -0.15) is 0 Å². The van der Waals surface area contributed by atoms with Crippen molar-refractivity contribution in [2.45, 2.75) is 13.8 Å². The van der Waals surface area contributed by atoms with Crippen LogP contribution < -0.4 is 0 Å². The summed E-state index contributed by atoms with van der Waals surface area (Å²) in [5.41, 5.74) is 3.34. The van der Waals surface area contributed by atoms with Gasteiger partial charge in [0.15, 0.2) is 0 Å². The number of methoxy groups -OCH3 is 1. The number of aryl methyl sites for hydroxylation is 2. The van der Waals surface area contributed by atoms with Gasteiger partial charge in [-0.25, -0.2) is 9.59 Å². The van der Waals surface area contributed by atoms with Gasteiger partial charge in [0.05, 0.1) is 18.2 Å². The van der Waals surface area contributed by atoms with Crippen LogP contribution in [0.5, 0.6) is 0 Å². The predicted octanol–water partition coefficient (Wildman–Crippen LogP) is 3.46. The maximum absolute atomic E-state index is 12.0. The van der Waals surface area contributed by atoms with E-state index in [0.717, 1.165) is 11.1 Å². The van der Waals surface area contributed by atoms with E-state index in [1.165, 1.54) is 13.2 Å². The number of hydrogen-bond acceptors (Lipinski definition) is 3. The van der Waals surface area contributed by atoms with Crippen molar-refractivity contribution in [2.24, 2.45) is 0 Å². The fourth-order valence-corrected chi connectivity index (χ4v) is 2.46. The maximum atomic E-state index is 12.0. The third-order valence-corrected chi connectivity index (χ3v) is 3.43. The third kappa shape index (κ3) is 2.65. The Morgan fingerprint density at radius 2 is 1.38 bits per heavy atom. The molecule has 0 radical (unpaired) electrons. The van der Waals surface area contributed by atoms with E-state index in [1.54, 1.807) is 18.2 Å². The van der Waals surface area contributed by atoms with Crippen LogP contribution in [0, 0.1) is 13.8 Å². The fraction of sp³-hybridized carbons (Fsp3) is 0.176. The van der Waals surface area contributed by atoms with Gasteiger partial charge in [-0.05, 0) is 37.1 Å². The number of ether oxygens (including phenoxy) is 1. The van der Waals surface area contributed by atoms with Gasteiger partial charge in [-0.3, -0.25) is 0 Å². The van der Waals surface area contributed by atoms with E-state index >= 15 is 0 Å². The molecule has 0 saturated heterocycles. The Morgan fingerprint density at radius 3 is 1.86 bits per heavy atom. The largest absolute Gasteiger partial charge is 0.478 e. The summed E-state index contributed by atoms with van der Waals surface area (Å²) in [5.74, 6) is -1.50. The van der Waals surface area contributed by atoms with Crippen molar-refractivity contribution in [2.75, 3.05) is 7.11 Å². The number of carboxylic acid groups (broad SMARTS) is 1. The zero-order valence-electron chi connectivity index (χ0n) is 12.1. The predicted molar refractivity (Wildman–Crippen MR) is 79.7 cm³/mol. The lowest BCUT2D eigenvalue weighted by Crippen LogP contribution is -2.08. The number of benzene rings is 2. The minimum atomic E-state index is -1.02. The van der Waals surface area contributed by atoms with Crippen molar-refractivity contribution in [1.29, 1.82) is 0 Å². The van der Waals surface area contributed by atoms with E-state index < -0.39 is 11.9 Å². The molecule has 0 aliphatic carbocycles. The number of carboxylic acids is 1. The molecule has 2 aromatic carbocycles. The van der Waals surface area contributed by atoms with E-state index in [2.05, 4.69) is 0 Å². The highest BCUT2D eigenvalue weighted by Gasteiger charge is 2.21. The van der Waals surface area contributed by atoms with Crippen molar-refractivity contribution in [3.05, 3.63) is 58.7 Å². The molecule has 0 fully saturated rings. The Bertz CT molecular complexity index is 717. The molecule has 21 heavy (non-hydrogen) atoms. The van der Waals surface area contributed by atoms with E-state index in [4.69, 9.17) is 4.74 Å². The van der Waals surface area contributed by atoms with Gasteiger partial charge in [0.25, 0.3) is 0 Å². The molecule has 0 unspecified atom stereocenters. The minimum Gasteiger partial charge on any atom is -0.478 e. The number of hydrogen-bond donors (Lipinski definition) is 1. The molecule has 0 bridgehead atoms. The number of carbonyl (C=O) groups excluding carboxylic acids is 1. The first-order valence-corrected chi connectivity index (χ1v) is 6.48. The Hall–Kier alpha value is -2.62. The SMILES string of the molecule is COC(=O)c1cccc(C)c1-c1c(C)cccc1C(=O)O. The van der Waals surface area contributed by atoms with Crippen LogP contribution in [0.15, 0.2) is 36.4 Å². The normalized spacial score (nSPS) is 10.2. The van der Waals surface area contributed by atoms with Gasteiger partial charge in [0.2, 0.25) is 0 Å². The molecule has 2 rings (SSSR count). The molecule has 0 atom stereocenters. The molecule has 0 saturated carbocycles. The summed E-state index contributed by atoms with van der Waals surface area (Å²) in [6, 6.07) is 10.3. The zero-order chi connectivity index (χ0) is 15.6. The van der Waals surface area contributed by atoms with Crippen molar-refractivity contribution >= 4 is 11.9 Å². The van der Waals surface area contributed by atoms with Crippen LogP contribution >= 0.6 is 0 Å². The van der Waals surface area contributed by atoms with Crippen molar-refractivity contribution < 1.29 is 19.4 Å². The first kappa shape index (κ1) is 14.8. The Morgan fingerprint density at radius 1 is 0.905 bits per heavy atom. The highest BCUT2D eigenvalue weighted by atomic mass is 16.5. The van der Waals surface area contributed by atoms with Crippen molar-refractivity contribution in [1.82, 2.24) is 0 Å². The smallest absolute Gasteiger partial charge is 0.338 e. The second-order valence-electron chi connectivity index (χ2n) is 4.79. The zero-order valence-corrected chi connectivity index (χ0v) is 12.1. The van der Waals surface area contributed by atoms with Gasteiger partial charge in [0.1, 0.15) is 0 Å². The van der Waals surface area contributed by atoms with Gasteiger partial charge < -0.3 is 9.84 Å². The van der Waals surface area contributed by atoms with Gasteiger partial charge in [-0.15, -0.1) is 0 Å². The minimum absolute atomic E-state index is 0.175. The molecule has 0 aromatic heterocycles. The van der Waals surface area contributed by atoms with E-state index in [9.17, 15) is 14.7 Å². The molecule has 0 aliphatic rings. The van der Waals surface area contributed by atoms with Crippen LogP contribution in [-0.2, 0) is 4.74 Å². The molecule has 108 valence electrons. The van der Waals surface area contributed by atoms with E-state index in [0.29, 0.717) is 16.7 Å². The average molecular weight is 284 g/mol. The van der Waals surface area contributed by atoms with Crippen molar-refractivity contribution in [3.8, 4) is 11.1 Å². The maximum Gasteiger partial charge on any atom is 0.338 e. The topological polar surface area (TPSA) is 63.6 Å². The third-order valence-electron chi connectivity index (χ3n) is 3.43. The highest BCUT2D eigenvalue weighted by molar-refractivity contribution is 6.04. The van der Waals surface area contributed by atoms with Crippen LogP contribution in [0.4, 0.5) is 0 Å². The Balaban J connectivity index is 2.85. The lowest BCUT2D eigenvalue weighted by molar-refractivity contribution is 0.0600. The summed E-state index contributed by atoms with van der Waals surface area (Å²) in [6.45, 7) is 3.68. The fourth-order valence-electron chi connectivity index (χ4n) is 2.46. The molecule has 4 heteroatoms. The Labute approximate surface area is 123 Å². The second kappa shape index (κ2) is 5.79. The highest BCUT2D eigenvalue weighted by Crippen LogP contribution is 2.33. The monoisotopic (exact) mass is 284 g/mol. The summed E-state index contributed by atoms with van der Waals surface area (Å²) in [6.07, 6.45) is 0. The summed E-state index contributed by atoms with van der Waals surface area (Å²) in [7, 11) is 1.31. The summed E-state index contributed by atoms with van der Waals surface area (Å²) >= 11 is 0. The molecular weight excluding hydrogens is 268 g/mol. The van der Waals surface area contributed by atoms with Gasteiger partial charge in [0, 0.05) is 11.1 Å². The van der Waals surface area contributed by atoms with Crippen LogP contribution in [-0.4, -0.2) is 24.2 Å². The molecule has 2 aromatic rings. The standard InChI is InChI=1S/C17H16O4/c1-10-6-4-8-12(16(18)19)14(10)15-11(2)7-5-9-13(15)17(20)21-3/h4-9H,1-3H3,(H,18,19). The molecule has 0 amide bonds. The van der Waals surface area contributed by atoms with Gasteiger partial charge >= 0.3 is 11.9 Å². The van der Waals surface area contributed by atoms with Crippen LogP contribution in [0.25, 0.3) is 11.1 Å². The summed E-state index contributed by atoms with van der Waals surface area (Å²) in [5, 5.41) is 9.41. The molecular formula is C17H16O4. The quantitative estimate of drug-likeness (QED) is 0.877. The van der Waals surface area contributed by atoms with Crippen LogP contribution in [0.2, 0.25) is 0 Å². The van der Waals surface area contributed by atoms with Crippen LogP contribution in [0.1, 0.15) is 31.8 Å². The second-order valence-corrected chi connectivity index (χ2v) is 4.79. The molecule has 0 heterocycles. The summed E-state index contributed by atoms with van der Waals surface area (Å²) < 4.78 is 4.81. The van der Waals surface area contributed by atoms with Gasteiger partial charge in [-0.1, -0.05) is 24.3 Å². The average Bonchev–Trinajstić information content (AvgIpc) is 2.46. The first-order valence-electron chi connectivity index (χ1n) is 6.48. The number of esters is 1. The number of rotatable bonds is 3. The molecule has 0 aliphatic heterocycles. The van der Waals surface area contributed by atoms with Crippen LogP contribution in [0.3, 0.4) is 0 Å². The van der Waals surface area contributed by atoms with E-state index in [-0.39, 0.29) is 5.56 Å². The number of carbonyl (C=O) groups is 2. The lowest BCUT2D eigenvalue weighted by Gasteiger charge is -2.16. The molecule has 1 N–H and O–H groups in total. The molecule has 4 nitrogen and oxygen atoms in total.